The van der Waals surface area contributed by atoms with Crippen LogP contribution in [0.3, 0.4) is 0 Å². The van der Waals surface area contributed by atoms with Crippen LogP contribution in [-0.2, 0) is 6.42 Å². The van der Waals surface area contributed by atoms with Crippen LogP contribution in [-0.4, -0.2) is 31.6 Å². The van der Waals surface area contributed by atoms with Crippen molar-refractivity contribution >= 4 is 11.9 Å². The van der Waals surface area contributed by atoms with Gasteiger partial charge in [0.2, 0.25) is 0 Å². The predicted molar refractivity (Wildman–Crippen MR) is 84.8 cm³/mol. The highest BCUT2D eigenvalue weighted by Gasteiger charge is 2.53. The van der Waals surface area contributed by atoms with E-state index in [1.807, 2.05) is 12.1 Å². The Labute approximate surface area is 130 Å². The lowest BCUT2D eigenvalue weighted by Crippen LogP contribution is -2.49. The Balaban J connectivity index is 1.35. The first-order chi connectivity index (χ1) is 10.6. The third kappa shape index (κ3) is 3.40. The maximum atomic E-state index is 11.8. The summed E-state index contributed by atoms with van der Waals surface area (Å²) in [5.74, 6) is -0.0852. The van der Waals surface area contributed by atoms with Gasteiger partial charge in [0.1, 0.15) is 0 Å². The van der Waals surface area contributed by atoms with Crippen LogP contribution < -0.4 is 16.0 Å². The largest absolute Gasteiger partial charge is 0.355 e. The third-order valence-corrected chi connectivity index (χ3v) is 4.79. The molecule has 5 heteroatoms. The summed E-state index contributed by atoms with van der Waals surface area (Å²) < 4.78 is 0. The molecule has 0 aliphatic heterocycles. The van der Waals surface area contributed by atoms with Crippen LogP contribution in [0.4, 0.5) is 4.79 Å². The molecule has 2 saturated carbocycles. The van der Waals surface area contributed by atoms with Crippen molar-refractivity contribution in [3.63, 3.8) is 0 Å². The maximum absolute atomic E-state index is 11.8. The minimum atomic E-state index is -0.0852. The first kappa shape index (κ1) is 14.9. The van der Waals surface area contributed by atoms with Gasteiger partial charge in [-0.3, -0.25) is 4.79 Å². The van der Waals surface area contributed by atoms with Gasteiger partial charge in [0.25, 0.3) is 5.91 Å². The summed E-state index contributed by atoms with van der Waals surface area (Å²) >= 11 is 0. The van der Waals surface area contributed by atoms with E-state index in [2.05, 4.69) is 16.0 Å². The van der Waals surface area contributed by atoms with E-state index in [9.17, 15) is 9.59 Å². The minimum Gasteiger partial charge on any atom is -0.355 e. The molecule has 2 aliphatic carbocycles. The van der Waals surface area contributed by atoms with E-state index in [4.69, 9.17) is 0 Å². The van der Waals surface area contributed by atoms with E-state index in [-0.39, 0.29) is 11.9 Å². The number of carbonyl (C=O) groups excluding carboxylic acids is 2. The van der Waals surface area contributed by atoms with Gasteiger partial charge in [0.15, 0.2) is 0 Å². The second kappa shape index (κ2) is 5.99. The molecule has 0 bridgehead atoms. The highest BCUT2D eigenvalue weighted by atomic mass is 16.2. The van der Waals surface area contributed by atoms with E-state index in [0.29, 0.717) is 23.6 Å². The molecule has 1 spiro atoms. The molecule has 0 saturated heterocycles. The number of carbonyl (C=O) groups is 2. The van der Waals surface area contributed by atoms with Crippen molar-refractivity contribution in [2.24, 2.45) is 5.41 Å². The highest BCUT2D eigenvalue weighted by Crippen LogP contribution is 2.60. The molecule has 1 aromatic rings. The van der Waals surface area contributed by atoms with E-state index < -0.39 is 0 Å². The normalized spacial score (nSPS) is 18.4. The van der Waals surface area contributed by atoms with Crippen LogP contribution >= 0.6 is 0 Å². The molecule has 0 heterocycles. The fourth-order valence-corrected chi connectivity index (χ4v) is 3.20. The van der Waals surface area contributed by atoms with Crippen molar-refractivity contribution in [3.8, 4) is 0 Å². The predicted octanol–water partition coefficient (Wildman–Crippen LogP) is 1.83. The number of urea groups is 1. The fourth-order valence-electron chi connectivity index (χ4n) is 3.20. The average Bonchev–Trinajstić information content (AvgIpc) is 3.27. The first-order valence-electron chi connectivity index (χ1n) is 7.96. The number of rotatable bonds is 5. The number of hydrogen-bond acceptors (Lipinski definition) is 2. The SMILES string of the molecule is CNC(=O)c1ccc(CCNC(=O)NC2CC3(CC3)C2)cc1. The Morgan fingerprint density at radius 2 is 1.86 bits per heavy atom. The van der Waals surface area contributed by atoms with Gasteiger partial charge in [-0.15, -0.1) is 0 Å². The van der Waals surface area contributed by atoms with Gasteiger partial charge in [0, 0.05) is 25.2 Å². The van der Waals surface area contributed by atoms with Crippen molar-refractivity contribution in [2.75, 3.05) is 13.6 Å². The zero-order valence-corrected chi connectivity index (χ0v) is 12.9. The van der Waals surface area contributed by atoms with Gasteiger partial charge in [-0.25, -0.2) is 4.79 Å². The Morgan fingerprint density at radius 1 is 1.18 bits per heavy atom. The second-order valence-corrected chi connectivity index (χ2v) is 6.53. The van der Waals surface area contributed by atoms with Crippen LogP contribution in [0.2, 0.25) is 0 Å². The number of nitrogens with one attached hydrogen (secondary N) is 3. The monoisotopic (exact) mass is 301 g/mol. The van der Waals surface area contributed by atoms with Gasteiger partial charge in [0.05, 0.1) is 0 Å². The van der Waals surface area contributed by atoms with E-state index >= 15 is 0 Å². The van der Waals surface area contributed by atoms with Crippen molar-refractivity contribution in [1.29, 1.82) is 0 Å². The lowest BCUT2D eigenvalue weighted by atomic mass is 9.77. The van der Waals surface area contributed by atoms with Crippen LogP contribution in [0, 0.1) is 5.41 Å². The zero-order chi connectivity index (χ0) is 15.6. The van der Waals surface area contributed by atoms with Crippen LogP contribution in [0.15, 0.2) is 24.3 Å². The minimum absolute atomic E-state index is 0.0671. The molecule has 118 valence electrons. The van der Waals surface area contributed by atoms with Crippen LogP contribution in [0.1, 0.15) is 41.6 Å². The number of benzene rings is 1. The van der Waals surface area contributed by atoms with E-state index in [0.717, 1.165) is 24.8 Å². The van der Waals surface area contributed by atoms with E-state index in [1.54, 1.807) is 19.2 Å². The van der Waals surface area contributed by atoms with Crippen molar-refractivity contribution in [1.82, 2.24) is 16.0 Å². The van der Waals surface area contributed by atoms with E-state index in [1.165, 1.54) is 12.8 Å². The van der Waals surface area contributed by atoms with Crippen LogP contribution in [0.25, 0.3) is 0 Å². The molecule has 2 fully saturated rings. The molecule has 0 aromatic heterocycles. The third-order valence-electron chi connectivity index (χ3n) is 4.79. The zero-order valence-electron chi connectivity index (χ0n) is 12.9. The van der Waals surface area contributed by atoms with Gasteiger partial charge in [-0.2, -0.15) is 0 Å². The average molecular weight is 301 g/mol. The molecule has 0 atom stereocenters. The first-order valence-corrected chi connectivity index (χ1v) is 7.96. The van der Waals surface area contributed by atoms with Crippen molar-refractivity contribution in [3.05, 3.63) is 35.4 Å². The highest BCUT2D eigenvalue weighted by molar-refractivity contribution is 5.93. The van der Waals surface area contributed by atoms with Crippen molar-refractivity contribution < 1.29 is 9.59 Å². The van der Waals surface area contributed by atoms with Gasteiger partial charge < -0.3 is 16.0 Å². The van der Waals surface area contributed by atoms with Crippen LogP contribution in [0.5, 0.6) is 0 Å². The standard InChI is InChI=1S/C17H23N3O2/c1-18-15(21)13-4-2-12(3-5-13)6-9-19-16(22)20-14-10-17(11-14)7-8-17/h2-5,14H,6-11H2,1H3,(H,18,21)(H2,19,20,22). The summed E-state index contributed by atoms with van der Waals surface area (Å²) in [5.41, 5.74) is 2.37. The number of hydrogen-bond donors (Lipinski definition) is 3. The summed E-state index contributed by atoms with van der Waals surface area (Å²) in [5, 5.41) is 8.52. The lowest BCUT2D eigenvalue weighted by molar-refractivity contribution is 0.0963. The molecule has 2 aliphatic rings. The molecular weight excluding hydrogens is 278 g/mol. The van der Waals surface area contributed by atoms with Crippen molar-refractivity contribution in [2.45, 2.75) is 38.1 Å². The summed E-state index contributed by atoms with van der Waals surface area (Å²) in [6.45, 7) is 0.600. The molecular formula is C17H23N3O2. The molecule has 5 nitrogen and oxygen atoms in total. The topological polar surface area (TPSA) is 70.2 Å². The Kier molecular flexibility index (Phi) is 4.05. The molecule has 22 heavy (non-hydrogen) atoms. The maximum Gasteiger partial charge on any atom is 0.315 e. The smallest absolute Gasteiger partial charge is 0.315 e. The quantitative estimate of drug-likeness (QED) is 0.776. The van der Waals surface area contributed by atoms with Gasteiger partial charge in [-0.05, 0) is 55.2 Å². The summed E-state index contributed by atoms with van der Waals surface area (Å²) in [6.07, 6.45) is 5.76. The lowest BCUT2D eigenvalue weighted by Gasteiger charge is -2.36. The second-order valence-electron chi connectivity index (χ2n) is 6.53. The molecule has 3 amide bonds. The number of amides is 3. The molecule has 3 rings (SSSR count). The molecule has 0 radical (unpaired) electrons. The summed E-state index contributed by atoms with van der Waals surface area (Å²) in [7, 11) is 1.62. The van der Waals surface area contributed by atoms with Gasteiger partial charge in [-0.1, -0.05) is 12.1 Å². The van der Waals surface area contributed by atoms with Gasteiger partial charge >= 0.3 is 6.03 Å². The summed E-state index contributed by atoms with van der Waals surface area (Å²) in [6, 6.07) is 7.76. The summed E-state index contributed by atoms with van der Waals surface area (Å²) in [4.78, 5) is 23.2. The Hall–Kier alpha value is -2.04. The molecule has 0 unspecified atom stereocenters. The molecule has 1 aromatic carbocycles. The molecule has 3 N–H and O–H groups in total. The Morgan fingerprint density at radius 3 is 2.45 bits per heavy atom. The fraction of sp³-hybridized carbons (Fsp3) is 0.529. The Bertz CT molecular complexity index is 556.